The first-order valence-electron chi connectivity index (χ1n) is 14.5. The van der Waals surface area contributed by atoms with E-state index in [0.29, 0.717) is 37.3 Å². The highest BCUT2D eigenvalue weighted by Crippen LogP contribution is 2.23. The Balaban J connectivity index is 1.68. The van der Waals surface area contributed by atoms with Gasteiger partial charge in [-0.05, 0) is 91.1 Å². The summed E-state index contributed by atoms with van der Waals surface area (Å²) in [5, 5.41) is 3.01. The molecule has 3 rings (SSSR count). The second-order valence-corrected chi connectivity index (χ2v) is 12.6. The maximum Gasteiger partial charge on any atom is 0.329 e. The van der Waals surface area contributed by atoms with Crippen molar-refractivity contribution in [3.05, 3.63) is 65.7 Å². The molecule has 1 amide bonds. The van der Waals surface area contributed by atoms with Crippen molar-refractivity contribution in [3.63, 3.8) is 0 Å². The fraction of sp³-hybridized carbons (Fsp3) is 0.515. The third-order valence-electron chi connectivity index (χ3n) is 6.54. The monoisotopic (exact) mass is 580 g/mol. The first-order chi connectivity index (χ1) is 19.6. The van der Waals surface area contributed by atoms with Crippen LogP contribution in [0.3, 0.4) is 0 Å². The summed E-state index contributed by atoms with van der Waals surface area (Å²) in [5.41, 5.74) is -0.0334. The van der Waals surface area contributed by atoms with Gasteiger partial charge in [-0.2, -0.15) is 0 Å². The van der Waals surface area contributed by atoms with Gasteiger partial charge in [0.1, 0.15) is 35.6 Å². The third-order valence-corrected chi connectivity index (χ3v) is 6.54. The van der Waals surface area contributed by atoms with E-state index >= 15 is 0 Å². The van der Waals surface area contributed by atoms with Crippen LogP contribution < -0.4 is 10.1 Å². The molecule has 0 radical (unpaired) electrons. The van der Waals surface area contributed by atoms with Gasteiger partial charge in [0.25, 0.3) is 0 Å². The summed E-state index contributed by atoms with van der Waals surface area (Å²) in [6.45, 7) is 13.0. The number of rotatable bonds is 11. The molecule has 228 valence electrons. The molecule has 42 heavy (non-hydrogen) atoms. The Bertz CT molecular complexity index is 1230. The zero-order valence-electron chi connectivity index (χ0n) is 25.8. The summed E-state index contributed by atoms with van der Waals surface area (Å²) in [6, 6.07) is 13.9. The topological polar surface area (TPSA) is 111 Å². The molecule has 3 atom stereocenters. The quantitative estimate of drug-likeness (QED) is 0.296. The average molecular weight is 581 g/mol. The molecule has 2 aromatic rings. The number of amides is 1. The summed E-state index contributed by atoms with van der Waals surface area (Å²) in [7, 11) is 0. The normalized spacial score (nSPS) is 16.8. The number of Topliss-reactive ketones (excluding diaryl/α,β-unsaturated/α-hetero) is 1. The van der Waals surface area contributed by atoms with Gasteiger partial charge in [0.2, 0.25) is 5.91 Å². The molecule has 1 fully saturated rings. The Morgan fingerprint density at radius 3 is 2.12 bits per heavy atom. The second-order valence-electron chi connectivity index (χ2n) is 12.6. The molecule has 0 spiro atoms. The first-order valence-corrected chi connectivity index (χ1v) is 14.5. The predicted molar refractivity (Wildman–Crippen MR) is 159 cm³/mol. The van der Waals surface area contributed by atoms with Gasteiger partial charge in [-0.3, -0.25) is 19.7 Å². The molecule has 9 heteroatoms. The van der Waals surface area contributed by atoms with Crippen molar-refractivity contribution >= 4 is 23.6 Å². The number of hydrogen-bond acceptors (Lipinski definition) is 8. The number of esters is 2. The predicted octanol–water partition coefficient (Wildman–Crippen LogP) is 4.86. The Morgan fingerprint density at radius 2 is 1.52 bits per heavy atom. The summed E-state index contributed by atoms with van der Waals surface area (Å²) < 4.78 is 16.9. The highest BCUT2D eigenvalue weighted by molar-refractivity contribution is 5.99. The number of carbonyl (C=O) groups is 4. The second kappa shape index (κ2) is 14.0. The van der Waals surface area contributed by atoms with Crippen LogP contribution in [0.2, 0.25) is 0 Å². The van der Waals surface area contributed by atoms with Crippen molar-refractivity contribution in [1.29, 1.82) is 0 Å². The molecule has 1 N–H and O–H groups in total. The van der Waals surface area contributed by atoms with E-state index in [4.69, 9.17) is 14.2 Å². The van der Waals surface area contributed by atoms with Gasteiger partial charge in [-0.15, -0.1) is 0 Å². The molecule has 1 aliphatic heterocycles. The van der Waals surface area contributed by atoms with E-state index in [-0.39, 0.29) is 18.1 Å². The Hall–Kier alpha value is -3.72. The molecular weight excluding hydrogens is 536 g/mol. The van der Waals surface area contributed by atoms with Crippen LogP contribution in [0.1, 0.15) is 83.7 Å². The van der Waals surface area contributed by atoms with Gasteiger partial charge in [-0.1, -0.05) is 30.3 Å². The molecule has 2 aromatic carbocycles. The van der Waals surface area contributed by atoms with Crippen molar-refractivity contribution in [2.75, 3.05) is 6.54 Å². The van der Waals surface area contributed by atoms with Crippen LogP contribution in [0.25, 0.3) is 0 Å². The zero-order chi connectivity index (χ0) is 31.1. The lowest BCUT2D eigenvalue weighted by Gasteiger charge is -2.31. The number of ether oxygens (including phenoxy) is 3. The highest BCUT2D eigenvalue weighted by atomic mass is 16.6. The number of likely N-dealkylation sites (tertiary alicyclic amines) is 1. The van der Waals surface area contributed by atoms with Gasteiger partial charge in [0.05, 0.1) is 6.04 Å². The largest absolute Gasteiger partial charge is 0.489 e. The maximum absolute atomic E-state index is 13.4. The summed E-state index contributed by atoms with van der Waals surface area (Å²) >= 11 is 0. The molecule has 0 aliphatic carbocycles. The van der Waals surface area contributed by atoms with Crippen LogP contribution in [0.5, 0.6) is 5.75 Å². The zero-order valence-corrected chi connectivity index (χ0v) is 25.8. The lowest BCUT2D eigenvalue weighted by molar-refractivity contribution is -0.164. The summed E-state index contributed by atoms with van der Waals surface area (Å²) in [5.74, 6) is -1.11. The van der Waals surface area contributed by atoms with Crippen LogP contribution in [0, 0.1) is 0 Å². The molecule has 0 saturated carbocycles. The number of hydrogen-bond donors (Lipinski definition) is 1. The standard InChI is InChI=1S/C33H44N2O7/c1-22(29(37)35-19-11-14-27(35)31(39)42-33(5,6)7)34-26(30(38)41-32(2,3)4)20-28(36)24-15-17-25(18-16-24)40-21-23-12-9-8-10-13-23/h8-10,12-13,15-18,22,26-27,34H,11,14,19-21H2,1-7H3/t22-,26?,27-/m0/s1. The summed E-state index contributed by atoms with van der Waals surface area (Å²) in [6.07, 6.45) is 0.958. The van der Waals surface area contributed by atoms with E-state index in [1.54, 1.807) is 72.7 Å². The molecule has 0 aromatic heterocycles. The smallest absolute Gasteiger partial charge is 0.329 e. The van der Waals surface area contributed by atoms with E-state index in [1.807, 2.05) is 30.3 Å². The van der Waals surface area contributed by atoms with Crippen LogP contribution in [-0.2, 0) is 30.5 Å². The van der Waals surface area contributed by atoms with Crippen molar-refractivity contribution in [2.45, 2.75) is 104 Å². The van der Waals surface area contributed by atoms with E-state index in [0.717, 1.165) is 5.56 Å². The fourth-order valence-corrected chi connectivity index (χ4v) is 4.63. The lowest BCUT2D eigenvalue weighted by atomic mass is 10.0. The van der Waals surface area contributed by atoms with E-state index < -0.39 is 41.3 Å². The molecule has 1 aliphatic rings. The minimum Gasteiger partial charge on any atom is -0.489 e. The first kappa shape index (κ1) is 32.8. The van der Waals surface area contributed by atoms with Gasteiger partial charge < -0.3 is 19.1 Å². The number of nitrogens with zero attached hydrogens (tertiary/aromatic N) is 1. The number of benzene rings is 2. The minimum atomic E-state index is -1.08. The van der Waals surface area contributed by atoms with Crippen LogP contribution in [0.15, 0.2) is 54.6 Å². The fourth-order valence-electron chi connectivity index (χ4n) is 4.63. The SMILES string of the molecule is C[C@H](NC(CC(=O)c1ccc(OCc2ccccc2)cc1)C(=O)OC(C)(C)C)C(=O)N1CCC[C@H]1C(=O)OC(C)(C)C. The van der Waals surface area contributed by atoms with Gasteiger partial charge in [0.15, 0.2) is 5.78 Å². The van der Waals surface area contributed by atoms with Gasteiger partial charge >= 0.3 is 11.9 Å². The van der Waals surface area contributed by atoms with Crippen molar-refractivity contribution in [1.82, 2.24) is 10.2 Å². The number of ketones is 1. The highest BCUT2D eigenvalue weighted by Gasteiger charge is 2.39. The van der Waals surface area contributed by atoms with E-state index in [1.165, 1.54) is 4.90 Å². The number of nitrogens with one attached hydrogen (secondary N) is 1. The van der Waals surface area contributed by atoms with Crippen LogP contribution in [0.4, 0.5) is 0 Å². The third kappa shape index (κ3) is 9.98. The average Bonchev–Trinajstić information content (AvgIpc) is 3.40. The molecule has 9 nitrogen and oxygen atoms in total. The molecule has 1 heterocycles. The summed E-state index contributed by atoms with van der Waals surface area (Å²) in [4.78, 5) is 54.1. The Labute approximate surface area is 248 Å². The molecule has 1 saturated heterocycles. The van der Waals surface area contributed by atoms with E-state index in [2.05, 4.69) is 5.32 Å². The van der Waals surface area contributed by atoms with Gasteiger partial charge in [0, 0.05) is 18.5 Å². The van der Waals surface area contributed by atoms with Crippen molar-refractivity contribution in [3.8, 4) is 5.75 Å². The molecule has 1 unspecified atom stereocenters. The number of carbonyl (C=O) groups excluding carboxylic acids is 4. The maximum atomic E-state index is 13.4. The van der Waals surface area contributed by atoms with Crippen molar-refractivity contribution < 1.29 is 33.4 Å². The van der Waals surface area contributed by atoms with Crippen LogP contribution in [-0.4, -0.2) is 64.4 Å². The van der Waals surface area contributed by atoms with Crippen LogP contribution >= 0.6 is 0 Å². The Kier molecular flexibility index (Phi) is 10.9. The lowest BCUT2D eigenvalue weighted by Crippen LogP contribution is -2.54. The van der Waals surface area contributed by atoms with E-state index in [9.17, 15) is 19.2 Å². The minimum absolute atomic E-state index is 0.216. The molecule has 0 bridgehead atoms. The molecular formula is C33H44N2O7. The van der Waals surface area contributed by atoms with Crippen molar-refractivity contribution in [2.24, 2.45) is 0 Å². The Morgan fingerprint density at radius 1 is 0.905 bits per heavy atom. The van der Waals surface area contributed by atoms with Gasteiger partial charge in [-0.25, -0.2) is 4.79 Å².